The fourth-order valence-electron chi connectivity index (χ4n) is 3.75. The van der Waals surface area contributed by atoms with E-state index in [1.54, 1.807) is 10.8 Å². The molecule has 1 unspecified atom stereocenters. The van der Waals surface area contributed by atoms with Crippen molar-refractivity contribution in [1.82, 2.24) is 9.78 Å². The van der Waals surface area contributed by atoms with E-state index in [1.165, 1.54) is 6.08 Å². The van der Waals surface area contributed by atoms with Crippen molar-refractivity contribution in [1.29, 1.82) is 0 Å². The molecule has 4 rings (SSSR count). The number of amides is 1. The van der Waals surface area contributed by atoms with E-state index < -0.39 is 9.84 Å². The summed E-state index contributed by atoms with van der Waals surface area (Å²) >= 11 is 0. The first-order chi connectivity index (χ1) is 14.1. The zero-order valence-electron chi connectivity index (χ0n) is 17.5. The van der Waals surface area contributed by atoms with Crippen LogP contribution in [0.5, 0.6) is 5.75 Å². The summed E-state index contributed by atoms with van der Waals surface area (Å²) in [6.07, 6.45) is 4.63. The van der Waals surface area contributed by atoms with Crippen LogP contribution in [-0.4, -0.2) is 42.2 Å². The van der Waals surface area contributed by atoms with Gasteiger partial charge in [-0.1, -0.05) is 26.8 Å². The molecular formula is C22H27N3O4S. The maximum absolute atomic E-state index is 12.6. The highest BCUT2D eigenvalue weighted by molar-refractivity contribution is 7.91. The van der Waals surface area contributed by atoms with Crippen LogP contribution in [0, 0.1) is 0 Å². The number of aromatic nitrogens is 2. The van der Waals surface area contributed by atoms with Crippen molar-refractivity contribution in [2.24, 2.45) is 0 Å². The molecule has 0 radical (unpaired) electrons. The lowest BCUT2D eigenvalue weighted by Gasteiger charge is -2.15. The van der Waals surface area contributed by atoms with Crippen LogP contribution in [-0.2, 0) is 26.5 Å². The van der Waals surface area contributed by atoms with E-state index in [0.29, 0.717) is 18.8 Å². The number of hydrogen-bond donors (Lipinski definition) is 1. The van der Waals surface area contributed by atoms with Crippen LogP contribution < -0.4 is 10.1 Å². The highest BCUT2D eigenvalue weighted by Crippen LogP contribution is 2.31. The van der Waals surface area contributed by atoms with Crippen LogP contribution in [0.1, 0.15) is 50.1 Å². The lowest BCUT2D eigenvalue weighted by Crippen LogP contribution is -2.19. The van der Waals surface area contributed by atoms with Gasteiger partial charge in [0.25, 0.3) is 0 Å². The Morgan fingerprint density at radius 1 is 1.30 bits per heavy atom. The van der Waals surface area contributed by atoms with Gasteiger partial charge in [0.15, 0.2) is 9.84 Å². The molecule has 0 spiro atoms. The van der Waals surface area contributed by atoms with Gasteiger partial charge in [-0.15, -0.1) is 0 Å². The number of carbonyl (C=O) groups excluding carboxylic acids is 1. The molecule has 1 saturated heterocycles. The standard InChI is InChI=1S/C22H27N3O4S/c1-22(2,3)19-13-20(25(24-19)17-9-11-30(27,28)14-17)23-21(26)7-5-15-4-6-18-16(12-15)8-10-29-18/h4-7,12-13,17H,8-11,14H2,1-3H3,(H,23,26). The normalized spacial score (nSPS) is 20.3. The smallest absolute Gasteiger partial charge is 0.249 e. The van der Waals surface area contributed by atoms with Crippen LogP contribution in [0.25, 0.3) is 6.08 Å². The minimum Gasteiger partial charge on any atom is -0.493 e. The predicted octanol–water partition coefficient (Wildman–Crippen LogP) is 3.13. The Morgan fingerprint density at radius 3 is 2.80 bits per heavy atom. The van der Waals surface area contributed by atoms with Gasteiger partial charge in [-0.05, 0) is 35.8 Å². The Morgan fingerprint density at radius 2 is 2.10 bits per heavy atom. The van der Waals surface area contributed by atoms with Gasteiger partial charge in [-0.3, -0.25) is 4.79 Å². The largest absolute Gasteiger partial charge is 0.493 e. The van der Waals surface area contributed by atoms with Crippen LogP contribution in [0.15, 0.2) is 30.3 Å². The first-order valence-electron chi connectivity index (χ1n) is 10.2. The van der Waals surface area contributed by atoms with Gasteiger partial charge in [0.2, 0.25) is 5.91 Å². The summed E-state index contributed by atoms with van der Waals surface area (Å²) in [7, 11) is -3.06. The molecule has 1 fully saturated rings. The molecule has 160 valence electrons. The van der Waals surface area contributed by atoms with E-state index in [1.807, 2.05) is 45.0 Å². The Labute approximate surface area is 177 Å². The topological polar surface area (TPSA) is 90.3 Å². The lowest BCUT2D eigenvalue weighted by atomic mass is 9.92. The number of nitrogens with one attached hydrogen (secondary N) is 1. The van der Waals surface area contributed by atoms with Gasteiger partial charge in [0, 0.05) is 24.0 Å². The molecule has 1 N–H and O–H groups in total. The van der Waals surface area contributed by atoms with Crippen molar-refractivity contribution in [3.63, 3.8) is 0 Å². The van der Waals surface area contributed by atoms with E-state index in [9.17, 15) is 13.2 Å². The molecule has 1 amide bonds. The average molecular weight is 430 g/mol. The van der Waals surface area contributed by atoms with Crippen molar-refractivity contribution < 1.29 is 17.9 Å². The van der Waals surface area contributed by atoms with Crippen molar-refractivity contribution in [3.05, 3.63) is 47.2 Å². The fraction of sp³-hybridized carbons (Fsp3) is 0.455. The van der Waals surface area contributed by atoms with E-state index >= 15 is 0 Å². The number of nitrogens with zero attached hydrogens (tertiary/aromatic N) is 2. The summed E-state index contributed by atoms with van der Waals surface area (Å²) in [5.74, 6) is 1.35. The molecule has 3 heterocycles. The molecule has 0 aliphatic carbocycles. The highest BCUT2D eigenvalue weighted by atomic mass is 32.2. The number of ether oxygens (including phenoxy) is 1. The Hall–Kier alpha value is -2.61. The van der Waals surface area contributed by atoms with E-state index in [-0.39, 0.29) is 28.9 Å². The maximum atomic E-state index is 12.6. The highest BCUT2D eigenvalue weighted by Gasteiger charge is 2.32. The third-order valence-corrected chi connectivity index (χ3v) is 7.20. The third-order valence-electron chi connectivity index (χ3n) is 5.45. The van der Waals surface area contributed by atoms with Gasteiger partial charge >= 0.3 is 0 Å². The van der Waals surface area contributed by atoms with Crippen molar-refractivity contribution in [2.75, 3.05) is 23.4 Å². The SMILES string of the molecule is CC(C)(C)c1cc(NC(=O)C=Cc2ccc3c(c2)CCO3)n(C2CCS(=O)(=O)C2)n1. The third kappa shape index (κ3) is 4.43. The second-order valence-electron chi connectivity index (χ2n) is 8.95. The fourth-order valence-corrected chi connectivity index (χ4v) is 5.44. The molecule has 0 bridgehead atoms. The zero-order chi connectivity index (χ0) is 21.5. The Kier molecular flexibility index (Phi) is 5.22. The predicted molar refractivity (Wildman–Crippen MR) is 117 cm³/mol. The molecule has 8 heteroatoms. The average Bonchev–Trinajstić information content (AvgIpc) is 3.37. The molecule has 2 aliphatic heterocycles. The van der Waals surface area contributed by atoms with Crippen LogP contribution in [0.3, 0.4) is 0 Å². The molecule has 2 aliphatic rings. The van der Waals surface area contributed by atoms with Crippen molar-refractivity contribution in [2.45, 2.75) is 45.1 Å². The summed E-state index contributed by atoms with van der Waals surface area (Å²) in [6, 6.07) is 7.44. The molecule has 2 aromatic rings. The summed E-state index contributed by atoms with van der Waals surface area (Å²) in [6.45, 7) is 6.80. The number of benzene rings is 1. The molecule has 30 heavy (non-hydrogen) atoms. The van der Waals surface area contributed by atoms with Gasteiger partial charge in [0.1, 0.15) is 11.6 Å². The summed E-state index contributed by atoms with van der Waals surface area (Å²) in [4.78, 5) is 12.6. The second-order valence-corrected chi connectivity index (χ2v) is 11.2. The lowest BCUT2D eigenvalue weighted by molar-refractivity contribution is -0.111. The molecular weight excluding hydrogens is 402 g/mol. The van der Waals surface area contributed by atoms with E-state index in [0.717, 1.165) is 29.0 Å². The number of rotatable bonds is 4. The second kappa shape index (κ2) is 7.58. The maximum Gasteiger partial charge on any atom is 0.249 e. The summed E-state index contributed by atoms with van der Waals surface area (Å²) in [5, 5.41) is 7.52. The Bertz CT molecular complexity index is 1110. The molecule has 0 saturated carbocycles. The van der Waals surface area contributed by atoms with Crippen LogP contribution >= 0.6 is 0 Å². The number of carbonyl (C=O) groups is 1. The van der Waals surface area contributed by atoms with Crippen LogP contribution in [0.4, 0.5) is 5.82 Å². The van der Waals surface area contributed by atoms with Gasteiger partial charge in [-0.2, -0.15) is 5.10 Å². The minimum absolute atomic E-state index is 0.0498. The van der Waals surface area contributed by atoms with Crippen LogP contribution in [0.2, 0.25) is 0 Å². The monoisotopic (exact) mass is 429 g/mol. The van der Waals surface area contributed by atoms with E-state index in [2.05, 4.69) is 10.4 Å². The minimum atomic E-state index is -3.06. The molecule has 1 atom stereocenters. The van der Waals surface area contributed by atoms with Gasteiger partial charge < -0.3 is 10.1 Å². The van der Waals surface area contributed by atoms with Gasteiger partial charge in [-0.25, -0.2) is 13.1 Å². The van der Waals surface area contributed by atoms with E-state index in [4.69, 9.17) is 4.74 Å². The number of fused-ring (bicyclic) bond motifs is 1. The quantitative estimate of drug-likeness (QED) is 0.754. The summed E-state index contributed by atoms with van der Waals surface area (Å²) in [5.41, 5.74) is 2.67. The molecule has 1 aromatic carbocycles. The molecule has 7 nitrogen and oxygen atoms in total. The number of anilines is 1. The Balaban J connectivity index is 1.54. The van der Waals surface area contributed by atoms with Gasteiger partial charge in [0.05, 0.1) is 29.8 Å². The molecule has 1 aromatic heterocycles. The zero-order valence-corrected chi connectivity index (χ0v) is 18.3. The first-order valence-corrected chi connectivity index (χ1v) is 12.0. The summed E-state index contributed by atoms with van der Waals surface area (Å²) < 4.78 is 31.1. The number of hydrogen-bond acceptors (Lipinski definition) is 5. The van der Waals surface area contributed by atoms with Crippen molar-refractivity contribution >= 4 is 27.6 Å². The number of sulfone groups is 1. The van der Waals surface area contributed by atoms with Crippen molar-refractivity contribution in [3.8, 4) is 5.75 Å². The first kappa shape index (κ1) is 20.7.